The van der Waals surface area contributed by atoms with Gasteiger partial charge in [-0.3, -0.25) is 0 Å². The number of aromatic nitrogens is 3. The van der Waals surface area contributed by atoms with E-state index in [1.807, 2.05) is 30.3 Å². The second-order valence-corrected chi connectivity index (χ2v) is 5.86. The van der Waals surface area contributed by atoms with E-state index < -0.39 is 0 Å². The van der Waals surface area contributed by atoms with Crippen molar-refractivity contribution in [3.05, 3.63) is 71.8 Å². The van der Waals surface area contributed by atoms with Crippen LogP contribution in [0.3, 0.4) is 0 Å². The maximum Gasteiger partial charge on any atom is 0.141 e. The number of ether oxygens (including phenoxy) is 2. The standard InChI is InChI=1S/C20H22N4O2/c1-3-17-9-16(2)10-20(11-17)26-8-7-25-19-6-4-5-18(12-19)13-23-24-14-21-22-15-24/h4-6,9-15H,3,7-8H2,1-2H3/b23-13+. The summed E-state index contributed by atoms with van der Waals surface area (Å²) in [6.07, 6.45) is 5.79. The van der Waals surface area contributed by atoms with E-state index in [0.29, 0.717) is 13.2 Å². The molecule has 3 aromatic rings. The molecule has 0 fully saturated rings. The van der Waals surface area contributed by atoms with Gasteiger partial charge in [0, 0.05) is 0 Å². The monoisotopic (exact) mass is 350 g/mol. The molecule has 6 heteroatoms. The zero-order valence-electron chi connectivity index (χ0n) is 15.0. The minimum absolute atomic E-state index is 0.474. The fourth-order valence-corrected chi connectivity index (χ4v) is 2.50. The molecule has 6 nitrogen and oxygen atoms in total. The molecule has 0 atom stereocenters. The zero-order chi connectivity index (χ0) is 18.2. The molecule has 26 heavy (non-hydrogen) atoms. The minimum Gasteiger partial charge on any atom is -0.490 e. The van der Waals surface area contributed by atoms with Gasteiger partial charge in [0.1, 0.15) is 37.4 Å². The second kappa shape index (κ2) is 8.80. The first-order valence-corrected chi connectivity index (χ1v) is 8.58. The summed E-state index contributed by atoms with van der Waals surface area (Å²) in [7, 11) is 0. The maximum atomic E-state index is 5.81. The lowest BCUT2D eigenvalue weighted by Gasteiger charge is -2.10. The van der Waals surface area contributed by atoms with Gasteiger partial charge in [0.25, 0.3) is 0 Å². The van der Waals surface area contributed by atoms with Gasteiger partial charge in [0.05, 0.1) is 6.21 Å². The molecule has 0 radical (unpaired) electrons. The molecular formula is C20H22N4O2. The molecular weight excluding hydrogens is 328 g/mol. The number of hydrogen-bond donors (Lipinski definition) is 0. The summed E-state index contributed by atoms with van der Waals surface area (Å²) >= 11 is 0. The normalized spacial score (nSPS) is 11.0. The Morgan fingerprint density at radius 2 is 1.77 bits per heavy atom. The first-order chi connectivity index (χ1) is 12.7. The van der Waals surface area contributed by atoms with Gasteiger partial charge in [-0.25, -0.2) is 4.68 Å². The average Bonchev–Trinajstić information content (AvgIpc) is 3.17. The van der Waals surface area contributed by atoms with Crippen LogP contribution < -0.4 is 9.47 Å². The molecule has 0 aliphatic carbocycles. The summed E-state index contributed by atoms with van der Waals surface area (Å²) < 4.78 is 13.1. The SMILES string of the molecule is CCc1cc(C)cc(OCCOc2cccc(/C=N/n3cnnc3)c2)c1. The van der Waals surface area contributed by atoms with Crippen molar-refractivity contribution < 1.29 is 9.47 Å². The van der Waals surface area contributed by atoms with Crippen LogP contribution in [0.1, 0.15) is 23.6 Å². The molecule has 0 spiro atoms. The van der Waals surface area contributed by atoms with Crippen LogP contribution in [-0.2, 0) is 6.42 Å². The topological polar surface area (TPSA) is 61.5 Å². The predicted octanol–water partition coefficient (Wildman–Crippen LogP) is 3.49. The highest BCUT2D eigenvalue weighted by Crippen LogP contribution is 2.17. The molecule has 0 saturated heterocycles. The van der Waals surface area contributed by atoms with Crippen molar-refractivity contribution in [2.75, 3.05) is 13.2 Å². The summed E-state index contributed by atoms with van der Waals surface area (Å²) in [5.41, 5.74) is 3.42. The van der Waals surface area contributed by atoms with Gasteiger partial charge in [0.15, 0.2) is 0 Å². The van der Waals surface area contributed by atoms with Crippen molar-refractivity contribution in [2.45, 2.75) is 20.3 Å². The Balaban J connectivity index is 1.50. The highest BCUT2D eigenvalue weighted by molar-refractivity contribution is 5.80. The van der Waals surface area contributed by atoms with Crippen LogP contribution >= 0.6 is 0 Å². The Labute approximate surface area is 153 Å². The molecule has 0 unspecified atom stereocenters. The highest BCUT2D eigenvalue weighted by Gasteiger charge is 2.00. The number of nitrogens with zero attached hydrogens (tertiary/aromatic N) is 4. The smallest absolute Gasteiger partial charge is 0.141 e. The minimum atomic E-state index is 0.474. The predicted molar refractivity (Wildman–Crippen MR) is 101 cm³/mol. The van der Waals surface area contributed by atoms with Gasteiger partial charge < -0.3 is 9.47 Å². The third kappa shape index (κ3) is 5.17. The molecule has 1 heterocycles. The van der Waals surface area contributed by atoms with Gasteiger partial charge in [-0.15, -0.1) is 10.2 Å². The molecule has 0 aliphatic heterocycles. The quantitative estimate of drug-likeness (QED) is 0.461. The van der Waals surface area contributed by atoms with E-state index in [-0.39, 0.29) is 0 Å². The van der Waals surface area contributed by atoms with Crippen molar-refractivity contribution in [3.8, 4) is 11.5 Å². The Morgan fingerprint density at radius 1 is 1.00 bits per heavy atom. The lowest BCUT2D eigenvalue weighted by Crippen LogP contribution is -2.09. The van der Waals surface area contributed by atoms with Crippen LogP contribution in [0, 0.1) is 6.92 Å². The van der Waals surface area contributed by atoms with Crippen LogP contribution in [0.4, 0.5) is 0 Å². The summed E-state index contributed by atoms with van der Waals surface area (Å²) in [6.45, 7) is 5.18. The van der Waals surface area contributed by atoms with E-state index in [4.69, 9.17) is 9.47 Å². The van der Waals surface area contributed by atoms with E-state index in [9.17, 15) is 0 Å². The van der Waals surface area contributed by atoms with E-state index in [0.717, 1.165) is 23.5 Å². The zero-order valence-corrected chi connectivity index (χ0v) is 15.0. The Hall–Kier alpha value is -3.15. The van der Waals surface area contributed by atoms with Crippen molar-refractivity contribution in [1.82, 2.24) is 14.9 Å². The van der Waals surface area contributed by atoms with Gasteiger partial charge in [-0.2, -0.15) is 5.10 Å². The largest absolute Gasteiger partial charge is 0.490 e. The molecule has 0 saturated carbocycles. The maximum absolute atomic E-state index is 5.81. The first-order valence-electron chi connectivity index (χ1n) is 8.58. The van der Waals surface area contributed by atoms with Gasteiger partial charge in [-0.1, -0.05) is 25.1 Å². The summed E-state index contributed by atoms with van der Waals surface area (Å²) in [5.74, 6) is 1.67. The Bertz CT molecular complexity index is 860. The molecule has 0 bridgehead atoms. The average molecular weight is 350 g/mol. The molecule has 3 rings (SSSR count). The Morgan fingerprint density at radius 3 is 2.54 bits per heavy atom. The number of aryl methyl sites for hydroxylation is 2. The van der Waals surface area contributed by atoms with Crippen molar-refractivity contribution in [1.29, 1.82) is 0 Å². The highest BCUT2D eigenvalue weighted by atomic mass is 16.5. The number of rotatable bonds is 8. The lowest BCUT2D eigenvalue weighted by molar-refractivity contribution is 0.217. The third-order valence-electron chi connectivity index (χ3n) is 3.74. The van der Waals surface area contributed by atoms with Crippen LogP contribution in [0.2, 0.25) is 0 Å². The van der Waals surface area contributed by atoms with Crippen molar-refractivity contribution in [2.24, 2.45) is 5.10 Å². The number of hydrogen-bond acceptors (Lipinski definition) is 5. The second-order valence-electron chi connectivity index (χ2n) is 5.86. The molecule has 1 aromatic heterocycles. The molecule has 0 aliphatic rings. The lowest BCUT2D eigenvalue weighted by atomic mass is 10.1. The van der Waals surface area contributed by atoms with E-state index in [2.05, 4.69) is 41.3 Å². The van der Waals surface area contributed by atoms with Crippen LogP contribution in [0.5, 0.6) is 11.5 Å². The molecule has 134 valence electrons. The summed E-state index contributed by atoms with van der Waals surface area (Å²) in [5, 5.41) is 11.6. The van der Waals surface area contributed by atoms with Crippen LogP contribution in [-0.4, -0.2) is 34.3 Å². The third-order valence-corrected chi connectivity index (χ3v) is 3.74. The van der Waals surface area contributed by atoms with Crippen LogP contribution in [0.15, 0.2) is 60.2 Å². The van der Waals surface area contributed by atoms with E-state index in [1.54, 1.807) is 6.21 Å². The van der Waals surface area contributed by atoms with Crippen LogP contribution in [0.25, 0.3) is 0 Å². The van der Waals surface area contributed by atoms with E-state index in [1.165, 1.54) is 28.5 Å². The van der Waals surface area contributed by atoms with Crippen molar-refractivity contribution in [3.63, 3.8) is 0 Å². The van der Waals surface area contributed by atoms with E-state index >= 15 is 0 Å². The van der Waals surface area contributed by atoms with Crippen molar-refractivity contribution >= 4 is 6.21 Å². The molecule has 0 amide bonds. The number of benzene rings is 2. The van der Waals surface area contributed by atoms with Gasteiger partial charge in [0.2, 0.25) is 0 Å². The summed E-state index contributed by atoms with van der Waals surface area (Å²) in [6, 6.07) is 14.0. The molecule has 2 aromatic carbocycles. The fourth-order valence-electron chi connectivity index (χ4n) is 2.50. The first kappa shape index (κ1) is 17.7. The molecule has 0 N–H and O–H groups in total. The van der Waals surface area contributed by atoms with Gasteiger partial charge >= 0.3 is 0 Å². The van der Waals surface area contributed by atoms with Gasteiger partial charge in [-0.05, 0) is 54.3 Å². The Kier molecular flexibility index (Phi) is 5.98. The fraction of sp³-hybridized carbons (Fsp3) is 0.250. The summed E-state index contributed by atoms with van der Waals surface area (Å²) in [4.78, 5) is 0.